The van der Waals surface area contributed by atoms with E-state index in [0.717, 1.165) is 29.7 Å². The number of carbonyl (C=O) groups is 3. The summed E-state index contributed by atoms with van der Waals surface area (Å²) in [6, 6.07) is 12.6. The van der Waals surface area contributed by atoms with E-state index < -0.39 is 11.8 Å². The Kier molecular flexibility index (Phi) is 5.93. The number of rotatable bonds is 4. The van der Waals surface area contributed by atoms with Crippen LogP contribution in [0.3, 0.4) is 0 Å². The monoisotopic (exact) mass is 381 g/mol. The van der Waals surface area contributed by atoms with Gasteiger partial charge in [0.1, 0.15) is 5.75 Å². The third-order valence-electron chi connectivity index (χ3n) is 4.68. The van der Waals surface area contributed by atoms with Gasteiger partial charge in [0.05, 0.1) is 7.11 Å². The number of benzene rings is 2. The minimum Gasteiger partial charge on any atom is -0.496 e. The van der Waals surface area contributed by atoms with Crippen molar-refractivity contribution in [3.05, 3.63) is 53.6 Å². The fourth-order valence-corrected chi connectivity index (χ4v) is 3.27. The van der Waals surface area contributed by atoms with E-state index in [1.165, 1.54) is 6.92 Å². The van der Waals surface area contributed by atoms with Crippen LogP contribution in [0.2, 0.25) is 0 Å². The van der Waals surface area contributed by atoms with Crippen LogP contribution in [0.5, 0.6) is 5.75 Å². The number of aryl methyl sites for hydroxylation is 1. The first-order valence-corrected chi connectivity index (χ1v) is 9.11. The molecule has 28 heavy (non-hydrogen) atoms. The Hall–Kier alpha value is -3.35. The van der Waals surface area contributed by atoms with Crippen molar-refractivity contribution in [2.45, 2.75) is 26.3 Å². The summed E-state index contributed by atoms with van der Waals surface area (Å²) in [6.07, 6.45) is 1.79. The molecule has 1 aliphatic rings. The third kappa shape index (κ3) is 4.31. The molecule has 1 heterocycles. The van der Waals surface area contributed by atoms with Gasteiger partial charge in [0.2, 0.25) is 5.91 Å². The minimum absolute atomic E-state index is 0.0426. The molecular formula is C21H23N3O4. The molecule has 3 rings (SSSR count). The second-order valence-corrected chi connectivity index (χ2v) is 6.57. The van der Waals surface area contributed by atoms with E-state index >= 15 is 0 Å². The molecule has 7 nitrogen and oxygen atoms in total. The average molecular weight is 381 g/mol. The first-order valence-electron chi connectivity index (χ1n) is 9.11. The summed E-state index contributed by atoms with van der Waals surface area (Å²) in [5.74, 6) is -0.909. The zero-order valence-electron chi connectivity index (χ0n) is 16.0. The van der Waals surface area contributed by atoms with Gasteiger partial charge in [-0.2, -0.15) is 0 Å². The first-order chi connectivity index (χ1) is 13.5. The second-order valence-electron chi connectivity index (χ2n) is 6.57. The van der Waals surface area contributed by atoms with Gasteiger partial charge in [0.15, 0.2) is 0 Å². The minimum atomic E-state index is -0.764. The summed E-state index contributed by atoms with van der Waals surface area (Å²) in [7, 11) is 1.55. The van der Waals surface area contributed by atoms with Gasteiger partial charge in [-0.1, -0.05) is 24.3 Å². The van der Waals surface area contributed by atoms with Crippen molar-refractivity contribution in [3.8, 4) is 5.75 Å². The number of nitrogens with zero attached hydrogens (tertiary/aromatic N) is 1. The average Bonchev–Trinajstić information content (AvgIpc) is 2.71. The van der Waals surface area contributed by atoms with Crippen LogP contribution in [0.1, 0.15) is 24.5 Å². The van der Waals surface area contributed by atoms with E-state index in [2.05, 4.69) is 10.6 Å². The smallest absolute Gasteiger partial charge is 0.313 e. The Morgan fingerprint density at radius 3 is 2.64 bits per heavy atom. The van der Waals surface area contributed by atoms with Crippen LogP contribution < -0.4 is 20.3 Å². The third-order valence-corrected chi connectivity index (χ3v) is 4.68. The Morgan fingerprint density at radius 1 is 1.11 bits per heavy atom. The molecule has 1 aliphatic heterocycles. The van der Waals surface area contributed by atoms with Crippen molar-refractivity contribution in [3.63, 3.8) is 0 Å². The fraction of sp³-hybridized carbons (Fsp3) is 0.286. The Bertz CT molecular complexity index is 910. The van der Waals surface area contributed by atoms with Crippen molar-refractivity contribution >= 4 is 29.1 Å². The largest absolute Gasteiger partial charge is 0.496 e. The maximum atomic E-state index is 12.2. The zero-order valence-corrected chi connectivity index (χ0v) is 16.0. The number of ether oxygens (including phenoxy) is 1. The number of carbonyl (C=O) groups excluding carboxylic acids is 3. The molecule has 0 spiro atoms. The molecule has 0 fully saturated rings. The molecular weight excluding hydrogens is 358 g/mol. The van der Waals surface area contributed by atoms with Crippen LogP contribution in [0.15, 0.2) is 42.5 Å². The summed E-state index contributed by atoms with van der Waals surface area (Å²) in [5, 5.41) is 5.18. The number of para-hydroxylation sites is 1. The van der Waals surface area contributed by atoms with Gasteiger partial charge in [0.25, 0.3) is 0 Å². The number of hydrogen-bond acceptors (Lipinski definition) is 4. The number of amides is 3. The first kappa shape index (κ1) is 19.4. The number of methoxy groups -OCH3 is 1. The van der Waals surface area contributed by atoms with Crippen molar-refractivity contribution in [2.24, 2.45) is 0 Å². The van der Waals surface area contributed by atoms with Gasteiger partial charge in [-0.25, -0.2) is 0 Å². The highest BCUT2D eigenvalue weighted by molar-refractivity contribution is 6.39. The predicted octanol–water partition coefficient (Wildman–Crippen LogP) is 2.25. The molecule has 0 atom stereocenters. The molecule has 0 saturated heterocycles. The lowest BCUT2D eigenvalue weighted by Crippen LogP contribution is -2.35. The van der Waals surface area contributed by atoms with Crippen molar-refractivity contribution in [2.75, 3.05) is 23.9 Å². The Labute approximate surface area is 163 Å². The standard InChI is InChI=1S/C21H23N3O4/c1-14(25)24-11-5-7-15-9-10-17(12-18(15)24)23-21(27)20(26)22-13-16-6-3-4-8-19(16)28-2/h3-4,6,8-10,12H,5,7,11,13H2,1-2H3,(H,22,26)(H,23,27). The fourth-order valence-electron chi connectivity index (χ4n) is 3.27. The summed E-state index contributed by atoms with van der Waals surface area (Å²) < 4.78 is 5.23. The molecule has 2 N–H and O–H groups in total. The molecule has 0 saturated carbocycles. The number of nitrogens with one attached hydrogen (secondary N) is 2. The Balaban J connectivity index is 1.65. The van der Waals surface area contributed by atoms with Gasteiger partial charge in [-0.05, 0) is 36.6 Å². The molecule has 0 bridgehead atoms. The molecule has 0 aromatic heterocycles. The van der Waals surface area contributed by atoms with E-state index in [0.29, 0.717) is 18.0 Å². The van der Waals surface area contributed by atoms with Gasteiger partial charge in [-0.15, -0.1) is 0 Å². The SMILES string of the molecule is COc1ccccc1CNC(=O)C(=O)Nc1ccc2c(c1)N(C(C)=O)CCC2. The number of fused-ring (bicyclic) bond motifs is 1. The highest BCUT2D eigenvalue weighted by Crippen LogP contribution is 2.30. The van der Waals surface area contributed by atoms with E-state index in [1.807, 2.05) is 24.3 Å². The lowest BCUT2D eigenvalue weighted by Gasteiger charge is -2.29. The van der Waals surface area contributed by atoms with Crippen LogP contribution in [0.4, 0.5) is 11.4 Å². The van der Waals surface area contributed by atoms with Crippen LogP contribution in [-0.4, -0.2) is 31.4 Å². The Morgan fingerprint density at radius 2 is 1.89 bits per heavy atom. The molecule has 146 valence electrons. The van der Waals surface area contributed by atoms with E-state index in [9.17, 15) is 14.4 Å². The van der Waals surface area contributed by atoms with Crippen LogP contribution in [0.25, 0.3) is 0 Å². The summed E-state index contributed by atoms with van der Waals surface area (Å²) >= 11 is 0. The summed E-state index contributed by atoms with van der Waals surface area (Å²) in [6.45, 7) is 2.35. The normalized spacial score (nSPS) is 12.7. The number of anilines is 2. The van der Waals surface area contributed by atoms with Gasteiger partial charge >= 0.3 is 11.8 Å². The molecule has 0 aliphatic carbocycles. The van der Waals surface area contributed by atoms with E-state index in [-0.39, 0.29) is 12.5 Å². The molecule has 7 heteroatoms. The maximum Gasteiger partial charge on any atom is 0.313 e. The zero-order chi connectivity index (χ0) is 20.1. The number of hydrogen-bond donors (Lipinski definition) is 2. The lowest BCUT2D eigenvalue weighted by atomic mass is 10.0. The second kappa shape index (κ2) is 8.56. The van der Waals surface area contributed by atoms with E-state index in [1.54, 1.807) is 30.2 Å². The molecule has 0 radical (unpaired) electrons. The predicted molar refractivity (Wildman–Crippen MR) is 106 cm³/mol. The molecule has 0 unspecified atom stereocenters. The van der Waals surface area contributed by atoms with E-state index in [4.69, 9.17) is 4.74 Å². The molecule has 3 amide bonds. The van der Waals surface area contributed by atoms with Crippen LogP contribution in [0, 0.1) is 0 Å². The van der Waals surface area contributed by atoms with Crippen LogP contribution in [-0.2, 0) is 27.3 Å². The van der Waals surface area contributed by atoms with Gasteiger partial charge in [-0.3, -0.25) is 14.4 Å². The highest BCUT2D eigenvalue weighted by atomic mass is 16.5. The van der Waals surface area contributed by atoms with Gasteiger partial charge in [0, 0.05) is 37.0 Å². The summed E-state index contributed by atoms with van der Waals surface area (Å²) in [5.41, 5.74) is 3.09. The lowest BCUT2D eigenvalue weighted by molar-refractivity contribution is -0.136. The summed E-state index contributed by atoms with van der Waals surface area (Å²) in [4.78, 5) is 37.9. The van der Waals surface area contributed by atoms with Crippen LogP contribution >= 0.6 is 0 Å². The highest BCUT2D eigenvalue weighted by Gasteiger charge is 2.21. The molecule has 2 aromatic rings. The van der Waals surface area contributed by atoms with Crippen molar-refractivity contribution in [1.82, 2.24) is 5.32 Å². The van der Waals surface area contributed by atoms with Crippen molar-refractivity contribution in [1.29, 1.82) is 0 Å². The quantitative estimate of drug-likeness (QED) is 0.795. The van der Waals surface area contributed by atoms with Gasteiger partial charge < -0.3 is 20.3 Å². The topological polar surface area (TPSA) is 87.7 Å². The van der Waals surface area contributed by atoms with Crippen molar-refractivity contribution < 1.29 is 19.1 Å². The molecule has 2 aromatic carbocycles. The maximum absolute atomic E-state index is 12.2.